The van der Waals surface area contributed by atoms with Crippen molar-refractivity contribution in [3.8, 4) is 0 Å². The van der Waals surface area contributed by atoms with Crippen molar-refractivity contribution >= 4 is 17.9 Å². The molecule has 0 unspecified atom stereocenters. The zero-order valence-electron chi connectivity index (χ0n) is 14.9. The van der Waals surface area contributed by atoms with Gasteiger partial charge in [0.25, 0.3) is 0 Å². The van der Waals surface area contributed by atoms with E-state index in [9.17, 15) is 14.4 Å². The van der Waals surface area contributed by atoms with Gasteiger partial charge in [0.2, 0.25) is 0 Å². The maximum atomic E-state index is 11.7. The summed E-state index contributed by atoms with van der Waals surface area (Å²) in [6.45, 7) is 13.3. The summed E-state index contributed by atoms with van der Waals surface area (Å²) in [6.07, 6.45) is 0. The van der Waals surface area contributed by atoms with Crippen LogP contribution in [0.25, 0.3) is 0 Å². The molecular weight excluding hydrogens is 379 g/mol. The van der Waals surface area contributed by atoms with E-state index in [1.54, 1.807) is 0 Å². The quantitative estimate of drug-likeness (QED) is 0.717. The summed E-state index contributed by atoms with van der Waals surface area (Å²) in [5.41, 5.74) is 2.42. The predicted octanol–water partition coefficient (Wildman–Crippen LogP) is 3.22. The summed E-state index contributed by atoms with van der Waals surface area (Å²) in [6, 6.07) is 0. The first-order valence-corrected chi connectivity index (χ1v) is 11.6. The van der Waals surface area contributed by atoms with E-state index in [0.29, 0.717) is 3.28 Å². The first kappa shape index (κ1) is 19.8. The average molecular weight is 404 g/mol. The van der Waals surface area contributed by atoms with Crippen molar-refractivity contribution < 1.29 is 44.4 Å². The van der Waals surface area contributed by atoms with Crippen LogP contribution in [0.4, 0.5) is 0 Å². The van der Waals surface area contributed by atoms with E-state index in [0.717, 1.165) is 16.7 Å². The molecule has 7 heteroatoms. The van der Waals surface area contributed by atoms with E-state index < -0.39 is 44.9 Å². The molecule has 0 amide bonds. The number of carbonyl (C=O) groups is 3. The molecule has 0 bridgehead atoms. The van der Waals surface area contributed by atoms with Crippen molar-refractivity contribution in [1.29, 1.82) is 0 Å². The third-order valence-corrected chi connectivity index (χ3v) is 12.3. The minimum absolute atomic E-state index is 0.523. The molecule has 0 fully saturated rings. The van der Waals surface area contributed by atoms with Gasteiger partial charge in [0.15, 0.2) is 0 Å². The van der Waals surface area contributed by atoms with Crippen LogP contribution >= 0.6 is 0 Å². The van der Waals surface area contributed by atoms with Crippen molar-refractivity contribution in [3.05, 3.63) is 20.0 Å². The Kier molecular flexibility index (Phi) is 5.79. The Hall–Kier alpha value is -1.23. The Labute approximate surface area is 143 Å². The van der Waals surface area contributed by atoms with Crippen LogP contribution in [0.5, 0.6) is 0 Å². The molecule has 1 aliphatic carbocycles. The molecule has 1 rings (SSSR count). The van der Waals surface area contributed by atoms with Crippen LogP contribution in [0.2, 0.25) is 0 Å². The average Bonchev–Trinajstić information content (AvgIpc) is 2.47. The molecule has 0 saturated heterocycles. The zero-order valence-corrected chi connectivity index (χ0v) is 17.4. The molecule has 0 N–H and O–H groups in total. The molecule has 0 radical (unpaired) electrons. The van der Waals surface area contributed by atoms with E-state index in [1.807, 2.05) is 34.6 Å². The van der Waals surface area contributed by atoms with Crippen molar-refractivity contribution in [2.24, 2.45) is 5.41 Å². The van der Waals surface area contributed by atoms with Crippen LogP contribution < -0.4 is 0 Å². The summed E-state index contributed by atoms with van der Waals surface area (Å²) >= 11 is -4.99. The van der Waals surface area contributed by atoms with Gasteiger partial charge in [0.1, 0.15) is 0 Å². The fraction of sp³-hybridized carbons (Fsp3) is 0.562. The van der Waals surface area contributed by atoms with Gasteiger partial charge in [-0.25, -0.2) is 0 Å². The minimum atomic E-state index is -4.99. The van der Waals surface area contributed by atoms with Gasteiger partial charge in [0, 0.05) is 0 Å². The molecule has 0 aromatic heterocycles. The Morgan fingerprint density at radius 1 is 0.783 bits per heavy atom. The molecule has 23 heavy (non-hydrogen) atoms. The van der Waals surface area contributed by atoms with Crippen LogP contribution in [0.3, 0.4) is 0 Å². The topological polar surface area (TPSA) is 78.9 Å². The van der Waals surface area contributed by atoms with Gasteiger partial charge >= 0.3 is 143 Å². The Bertz CT molecular complexity index is 586. The third-order valence-electron chi connectivity index (χ3n) is 4.20. The fourth-order valence-electron chi connectivity index (χ4n) is 2.99. The molecule has 1 aliphatic rings. The normalized spacial score (nSPS) is 17.2. The number of allylic oxidation sites excluding steroid dienone is 4. The molecule has 6 nitrogen and oxygen atoms in total. The van der Waals surface area contributed by atoms with Gasteiger partial charge in [-0.2, -0.15) is 0 Å². The molecule has 0 spiro atoms. The summed E-state index contributed by atoms with van der Waals surface area (Å²) in [7, 11) is 0. The second kappa shape index (κ2) is 6.72. The molecule has 0 saturated carbocycles. The summed E-state index contributed by atoms with van der Waals surface area (Å²) in [4.78, 5) is 35.0. The van der Waals surface area contributed by atoms with Gasteiger partial charge in [-0.05, 0) is 0 Å². The van der Waals surface area contributed by atoms with E-state index in [2.05, 4.69) is 0 Å². The molecule has 0 heterocycles. The molecule has 0 aliphatic heterocycles. The Morgan fingerprint density at radius 3 is 1.35 bits per heavy atom. The first-order valence-electron chi connectivity index (χ1n) is 7.34. The van der Waals surface area contributed by atoms with Crippen molar-refractivity contribution in [3.63, 3.8) is 0 Å². The van der Waals surface area contributed by atoms with Gasteiger partial charge < -0.3 is 0 Å². The molecule has 0 aromatic rings. The van der Waals surface area contributed by atoms with Crippen LogP contribution in [0.15, 0.2) is 20.0 Å². The van der Waals surface area contributed by atoms with Crippen molar-refractivity contribution in [1.82, 2.24) is 0 Å². The number of rotatable bonds is 4. The summed E-state index contributed by atoms with van der Waals surface area (Å²) < 4.78 is 17.0. The monoisotopic (exact) mass is 402 g/mol. The standard InChI is InChI=1S/C10H15.3C2H4O2.Zr/c1-7-6-10(4,5)9(3)8(7)2;3*1-2(3)4;/h1-5H3;3*1H3,(H,3,4);/q;;;;+3/p-3. The van der Waals surface area contributed by atoms with Crippen molar-refractivity contribution in [2.45, 2.75) is 55.4 Å². The van der Waals surface area contributed by atoms with Gasteiger partial charge in [-0.15, -0.1) is 0 Å². The van der Waals surface area contributed by atoms with Gasteiger partial charge in [0.05, 0.1) is 0 Å². The van der Waals surface area contributed by atoms with E-state index in [1.165, 1.54) is 20.8 Å². The zero-order chi connectivity index (χ0) is 18.2. The molecule has 0 atom stereocenters. The van der Waals surface area contributed by atoms with E-state index in [4.69, 9.17) is 8.44 Å². The number of carbonyl (C=O) groups excluding carboxylic acids is 3. The number of hydrogen-bond donors (Lipinski definition) is 0. The number of hydrogen-bond acceptors (Lipinski definition) is 6. The van der Waals surface area contributed by atoms with Crippen LogP contribution in [-0.4, -0.2) is 17.9 Å². The Morgan fingerprint density at radius 2 is 1.13 bits per heavy atom. The van der Waals surface area contributed by atoms with Gasteiger partial charge in [-0.1, -0.05) is 0 Å². The van der Waals surface area contributed by atoms with E-state index >= 15 is 0 Å². The SMILES string of the molecule is CC(=O)[O][Zr]([O]C(C)=O)([O]C(C)=O)[C]1=C(C)C(C)=C(C)C1(C)C. The summed E-state index contributed by atoms with van der Waals surface area (Å²) in [5.74, 6) is -1.91. The Balaban J connectivity index is 3.65. The van der Waals surface area contributed by atoms with E-state index in [-0.39, 0.29) is 0 Å². The molecule has 0 aromatic carbocycles. The van der Waals surface area contributed by atoms with Gasteiger partial charge in [-0.3, -0.25) is 0 Å². The van der Waals surface area contributed by atoms with Crippen LogP contribution in [0.1, 0.15) is 55.4 Å². The van der Waals surface area contributed by atoms with Crippen LogP contribution in [-0.2, 0) is 44.4 Å². The predicted molar refractivity (Wildman–Crippen MR) is 80.2 cm³/mol. The fourth-order valence-corrected chi connectivity index (χ4v) is 10.8. The summed E-state index contributed by atoms with van der Waals surface area (Å²) in [5, 5.41) is 0. The maximum absolute atomic E-state index is 11.7. The third kappa shape index (κ3) is 3.82. The second-order valence-electron chi connectivity index (χ2n) is 6.21. The first-order chi connectivity index (χ1) is 10.3. The van der Waals surface area contributed by atoms with Crippen molar-refractivity contribution in [2.75, 3.05) is 0 Å². The molecular formula is C16H24O6Zr. The second-order valence-corrected chi connectivity index (χ2v) is 11.7. The molecule has 128 valence electrons. The van der Waals surface area contributed by atoms with Crippen LogP contribution in [0, 0.1) is 5.41 Å².